The van der Waals surface area contributed by atoms with Gasteiger partial charge in [-0.25, -0.2) is 4.98 Å². The van der Waals surface area contributed by atoms with Gasteiger partial charge in [-0.2, -0.15) is 0 Å². The summed E-state index contributed by atoms with van der Waals surface area (Å²) in [5, 5.41) is 9.41. The number of rotatable bonds is 8. The van der Waals surface area contributed by atoms with Gasteiger partial charge in [0.15, 0.2) is 11.5 Å². The van der Waals surface area contributed by atoms with Gasteiger partial charge in [0.2, 0.25) is 0 Å². The average molecular weight is 380 g/mol. The minimum absolute atomic E-state index is 0.0718. The number of imidazole rings is 1. The molecule has 2 aromatic carbocycles. The summed E-state index contributed by atoms with van der Waals surface area (Å²) in [6, 6.07) is 10.2. The summed E-state index contributed by atoms with van der Waals surface area (Å²) in [5.74, 6) is 2.31. The van der Waals surface area contributed by atoms with E-state index in [4.69, 9.17) is 14.5 Å². The standard InChI is InChI=1S/C23H28N2O3/c1-5-6-18-7-8-21(22(15-18)27-4)28-12-10-25-20-14-17(3)16(2)13-19(20)24-23(25)9-11-26/h5-8,13-15,26H,9-12H2,1-4H3/b6-5+. The molecule has 0 aliphatic rings. The number of aliphatic hydroxyl groups excluding tert-OH is 1. The van der Waals surface area contributed by atoms with Gasteiger partial charge in [0.1, 0.15) is 12.4 Å². The number of aromatic nitrogens is 2. The first-order valence-electron chi connectivity index (χ1n) is 9.58. The first-order valence-corrected chi connectivity index (χ1v) is 9.58. The molecule has 5 nitrogen and oxygen atoms in total. The SMILES string of the molecule is C/C=C/c1ccc(OCCn2c(CCO)nc3cc(C)c(C)cc32)c(OC)c1. The van der Waals surface area contributed by atoms with Gasteiger partial charge in [0, 0.05) is 6.42 Å². The lowest BCUT2D eigenvalue weighted by Gasteiger charge is -2.13. The zero-order valence-corrected chi connectivity index (χ0v) is 17.0. The van der Waals surface area contributed by atoms with E-state index in [2.05, 4.69) is 30.5 Å². The van der Waals surface area contributed by atoms with Crippen LogP contribution in [0.15, 0.2) is 36.4 Å². The molecule has 0 bridgehead atoms. The van der Waals surface area contributed by atoms with Crippen molar-refractivity contribution < 1.29 is 14.6 Å². The van der Waals surface area contributed by atoms with Crippen molar-refractivity contribution >= 4 is 17.1 Å². The molecule has 3 aromatic rings. The topological polar surface area (TPSA) is 56.5 Å². The summed E-state index contributed by atoms with van der Waals surface area (Å²) in [4.78, 5) is 4.71. The zero-order valence-electron chi connectivity index (χ0n) is 17.0. The summed E-state index contributed by atoms with van der Waals surface area (Å²) in [6.45, 7) is 7.38. The Bertz CT molecular complexity index is 989. The highest BCUT2D eigenvalue weighted by Gasteiger charge is 2.12. The van der Waals surface area contributed by atoms with E-state index in [0.717, 1.165) is 28.2 Å². The predicted octanol–water partition coefficient (Wildman–Crippen LogP) is 4.31. The highest BCUT2D eigenvalue weighted by molar-refractivity contribution is 5.78. The van der Waals surface area contributed by atoms with Crippen LogP contribution in [0, 0.1) is 13.8 Å². The molecule has 0 fully saturated rings. The summed E-state index contributed by atoms with van der Waals surface area (Å²) in [7, 11) is 1.65. The quantitative estimate of drug-likeness (QED) is 0.633. The third-order valence-corrected chi connectivity index (χ3v) is 4.90. The van der Waals surface area contributed by atoms with Gasteiger partial charge < -0.3 is 19.1 Å². The van der Waals surface area contributed by atoms with Gasteiger partial charge in [0.25, 0.3) is 0 Å². The Kier molecular flexibility index (Phi) is 6.37. The Morgan fingerprint density at radius 1 is 1.11 bits per heavy atom. The van der Waals surface area contributed by atoms with Crippen molar-refractivity contribution in [2.24, 2.45) is 0 Å². The minimum Gasteiger partial charge on any atom is -0.493 e. The van der Waals surface area contributed by atoms with Crippen molar-refractivity contribution in [3.05, 3.63) is 58.9 Å². The van der Waals surface area contributed by atoms with Crippen LogP contribution in [0.25, 0.3) is 17.1 Å². The van der Waals surface area contributed by atoms with Gasteiger partial charge in [-0.15, -0.1) is 0 Å². The van der Waals surface area contributed by atoms with Crippen molar-refractivity contribution in [2.75, 3.05) is 20.3 Å². The highest BCUT2D eigenvalue weighted by atomic mass is 16.5. The Morgan fingerprint density at radius 3 is 2.61 bits per heavy atom. The fraction of sp³-hybridized carbons (Fsp3) is 0.348. The number of aliphatic hydroxyl groups is 1. The summed E-state index contributed by atoms with van der Waals surface area (Å²) in [5.41, 5.74) is 5.55. The van der Waals surface area contributed by atoms with Crippen LogP contribution in [0.3, 0.4) is 0 Å². The van der Waals surface area contributed by atoms with Crippen LogP contribution in [0.2, 0.25) is 0 Å². The normalized spacial score (nSPS) is 11.5. The number of hydrogen-bond acceptors (Lipinski definition) is 4. The Labute approximate surface area is 166 Å². The maximum absolute atomic E-state index is 9.41. The van der Waals surface area contributed by atoms with E-state index >= 15 is 0 Å². The fourth-order valence-electron chi connectivity index (χ4n) is 3.32. The van der Waals surface area contributed by atoms with Crippen LogP contribution in [0.5, 0.6) is 11.5 Å². The van der Waals surface area contributed by atoms with Crippen LogP contribution in [0.1, 0.15) is 29.4 Å². The molecule has 0 aliphatic heterocycles. The number of fused-ring (bicyclic) bond motifs is 1. The molecule has 3 rings (SSSR count). The molecule has 0 radical (unpaired) electrons. The van der Waals surface area contributed by atoms with E-state index in [1.54, 1.807) is 7.11 Å². The molecule has 0 aliphatic carbocycles. The van der Waals surface area contributed by atoms with Crippen molar-refractivity contribution in [3.8, 4) is 11.5 Å². The molecule has 5 heteroatoms. The molecule has 0 atom stereocenters. The molecule has 0 saturated heterocycles. The largest absolute Gasteiger partial charge is 0.493 e. The summed E-state index contributed by atoms with van der Waals surface area (Å²) < 4.78 is 13.6. The fourth-order valence-corrected chi connectivity index (χ4v) is 3.32. The predicted molar refractivity (Wildman–Crippen MR) is 113 cm³/mol. The first-order chi connectivity index (χ1) is 13.6. The summed E-state index contributed by atoms with van der Waals surface area (Å²) >= 11 is 0. The number of aryl methyl sites for hydroxylation is 2. The van der Waals surface area contributed by atoms with Gasteiger partial charge in [-0.1, -0.05) is 18.2 Å². The van der Waals surface area contributed by atoms with E-state index in [-0.39, 0.29) is 6.61 Å². The van der Waals surface area contributed by atoms with Crippen LogP contribution in [0.4, 0.5) is 0 Å². The van der Waals surface area contributed by atoms with E-state index in [1.165, 1.54) is 11.1 Å². The third-order valence-electron chi connectivity index (χ3n) is 4.90. The monoisotopic (exact) mass is 380 g/mol. The van der Waals surface area contributed by atoms with E-state index < -0.39 is 0 Å². The van der Waals surface area contributed by atoms with E-state index in [0.29, 0.717) is 25.3 Å². The molecule has 0 unspecified atom stereocenters. The Morgan fingerprint density at radius 2 is 1.89 bits per heavy atom. The van der Waals surface area contributed by atoms with Crippen molar-refractivity contribution in [1.82, 2.24) is 9.55 Å². The molecule has 28 heavy (non-hydrogen) atoms. The van der Waals surface area contributed by atoms with Crippen LogP contribution >= 0.6 is 0 Å². The van der Waals surface area contributed by atoms with Crippen LogP contribution < -0.4 is 9.47 Å². The van der Waals surface area contributed by atoms with Gasteiger partial charge in [-0.3, -0.25) is 0 Å². The lowest BCUT2D eigenvalue weighted by atomic mass is 10.1. The van der Waals surface area contributed by atoms with Crippen LogP contribution in [-0.2, 0) is 13.0 Å². The second-order valence-corrected chi connectivity index (χ2v) is 6.84. The smallest absolute Gasteiger partial charge is 0.161 e. The lowest BCUT2D eigenvalue weighted by Crippen LogP contribution is -2.12. The highest BCUT2D eigenvalue weighted by Crippen LogP contribution is 2.29. The van der Waals surface area contributed by atoms with Gasteiger partial charge in [-0.05, 0) is 61.7 Å². The maximum atomic E-state index is 9.41. The molecular weight excluding hydrogens is 352 g/mol. The number of nitrogens with zero attached hydrogens (tertiary/aromatic N) is 2. The molecule has 1 aromatic heterocycles. The van der Waals surface area contributed by atoms with Crippen molar-refractivity contribution in [2.45, 2.75) is 33.7 Å². The second-order valence-electron chi connectivity index (χ2n) is 6.84. The average Bonchev–Trinajstić information content (AvgIpc) is 3.00. The molecule has 0 saturated carbocycles. The van der Waals surface area contributed by atoms with E-state index in [1.807, 2.05) is 37.3 Å². The lowest BCUT2D eigenvalue weighted by molar-refractivity contribution is 0.273. The first kappa shape index (κ1) is 20.0. The van der Waals surface area contributed by atoms with Gasteiger partial charge in [0.05, 0.1) is 31.3 Å². The van der Waals surface area contributed by atoms with Crippen molar-refractivity contribution in [3.63, 3.8) is 0 Å². The molecule has 1 N–H and O–H groups in total. The van der Waals surface area contributed by atoms with Gasteiger partial charge >= 0.3 is 0 Å². The zero-order chi connectivity index (χ0) is 20.1. The molecular formula is C23H28N2O3. The second kappa shape index (κ2) is 8.93. The molecule has 0 spiro atoms. The minimum atomic E-state index is 0.0718. The molecule has 0 amide bonds. The molecule has 148 valence electrons. The number of ether oxygens (including phenoxy) is 2. The third kappa shape index (κ3) is 4.20. The number of allylic oxidation sites excluding steroid dienone is 1. The maximum Gasteiger partial charge on any atom is 0.161 e. The Hall–Kier alpha value is -2.79. The Balaban J connectivity index is 1.82. The van der Waals surface area contributed by atoms with Crippen LogP contribution in [-0.4, -0.2) is 35.0 Å². The number of benzene rings is 2. The van der Waals surface area contributed by atoms with E-state index in [9.17, 15) is 5.11 Å². The number of methoxy groups -OCH3 is 1. The van der Waals surface area contributed by atoms with Crippen molar-refractivity contribution in [1.29, 1.82) is 0 Å². The number of hydrogen-bond donors (Lipinski definition) is 1. The molecule has 1 heterocycles. The summed E-state index contributed by atoms with van der Waals surface area (Å²) in [6.07, 6.45) is 4.54.